The SMILES string of the molecule is COc1ccc(C(c2ccc(OC)cc2)n2cc3c(c4c(c5c3c3ccccc3n5CCCO)Cc3ccccc3-4)c2O)cc1. The predicted octanol–water partition coefficient (Wildman–Crippen LogP) is 8.06. The van der Waals surface area contributed by atoms with Gasteiger partial charge in [0.25, 0.3) is 0 Å². The second-order valence-electron chi connectivity index (χ2n) is 11.8. The van der Waals surface area contributed by atoms with E-state index in [-0.39, 0.29) is 18.5 Å². The minimum absolute atomic E-state index is 0.126. The number of hydrogen-bond acceptors (Lipinski definition) is 4. The van der Waals surface area contributed by atoms with Gasteiger partial charge in [-0.3, -0.25) is 0 Å². The van der Waals surface area contributed by atoms with Crippen LogP contribution < -0.4 is 9.47 Å². The van der Waals surface area contributed by atoms with Gasteiger partial charge in [0.15, 0.2) is 0 Å². The summed E-state index contributed by atoms with van der Waals surface area (Å²) >= 11 is 0. The Kier molecular flexibility index (Phi) is 6.54. The highest BCUT2D eigenvalue weighted by Gasteiger charge is 2.32. The Hall–Kier alpha value is -5.20. The lowest BCUT2D eigenvalue weighted by Crippen LogP contribution is -2.11. The number of ether oxygens (including phenoxy) is 2. The van der Waals surface area contributed by atoms with Gasteiger partial charge in [0.05, 0.1) is 31.2 Å². The zero-order chi connectivity index (χ0) is 30.7. The molecule has 0 amide bonds. The highest BCUT2D eigenvalue weighted by molar-refractivity contribution is 6.27. The molecule has 224 valence electrons. The monoisotopic (exact) mass is 594 g/mol. The molecular formula is C39H34N2O4. The molecule has 0 atom stereocenters. The Labute approximate surface area is 261 Å². The van der Waals surface area contributed by atoms with Gasteiger partial charge in [0, 0.05) is 53.0 Å². The van der Waals surface area contributed by atoms with E-state index >= 15 is 0 Å². The standard InChI is InChI=1S/C39H34N2O4/c1-44-27-16-12-24(13-17-27)37(25-14-18-28(45-2)19-15-25)41-23-32-35-30-10-5-6-11-33(30)40(20-7-21-42)38(35)31-22-26-8-3-4-9-29(26)34(31)36(32)39(41)43/h3-6,8-19,23,37,42-43H,7,20-22H2,1-2H3. The molecule has 0 unspecified atom stereocenters. The van der Waals surface area contributed by atoms with Gasteiger partial charge in [-0.1, -0.05) is 66.7 Å². The van der Waals surface area contributed by atoms with Crippen LogP contribution in [-0.2, 0) is 13.0 Å². The van der Waals surface area contributed by atoms with Crippen molar-refractivity contribution in [1.29, 1.82) is 0 Å². The number of aliphatic hydroxyl groups is 1. The molecule has 2 heterocycles. The Morgan fingerprint density at radius 1 is 0.756 bits per heavy atom. The van der Waals surface area contributed by atoms with Crippen molar-refractivity contribution in [1.82, 2.24) is 9.13 Å². The molecule has 1 aliphatic rings. The number of aryl methyl sites for hydroxylation is 1. The van der Waals surface area contributed by atoms with E-state index in [1.54, 1.807) is 14.2 Å². The van der Waals surface area contributed by atoms with E-state index in [0.29, 0.717) is 13.0 Å². The molecule has 2 N–H and O–H groups in total. The molecule has 1 aliphatic carbocycles. The summed E-state index contributed by atoms with van der Waals surface area (Å²) in [6.07, 6.45) is 3.59. The summed E-state index contributed by atoms with van der Waals surface area (Å²) in [5, 5.41) is 26.4. The topological polar surface area (TPSA) is 68.8 Å². The van der Waals surface area contributed by atoms with Gasteiger partial charge in [-0.25, -0.2) is 0 Å². The van der Waals surface area contributed by atoms with E-state index in [1.165, 1.54) is 16.6 Å². The molecule has 0 aliphatic heterocycles. The fourth-order valence-electron chi connectivity index (χ4n) is 7.43. The van der Waals surface area contributed by atoms with Crippen molar-refractivity contribution in [3.05, 3.63) is 126 Å². The average molecular weight is 595 g/mol. The second kappa shape index (κ2) is 10.8. The van der Waals surface area contributed by atoms with Gasteiger partial charge in [-0.15, -0.1) is 0 Å². The van der Waals surface area contributed by atoms with Gasteiger partial charge in [-0.2, -0.15) is 0 Å². The quantitative estimate of drug-likeness (QED) is 0.187. The van der Waals surface area contributed by atoms with Gasteiger partial charge in [0.2, 0.25) is 5.88 Å². The van der Waals surface area contributed by atoms with Crippen molar-refractivity contribution < 1.29 is 19.7 Å². The summed E-state index contributed by atoms with van der Waals surface area (Å²) in [6, 6.07) is 32.9. The number of para-hydroxylation sites is 1. The molecule has 0 spiro atoms. The maximum atomic E-state index is 12.4. The number of nitrogens with zero attached hydrogens (tertiary/aromatic N) is 2. The molecule has 0 saturated heterocycles. The van der Waals surface area contributed by atoms with E-state index in [0.717, 1.165) is 67.2 Å². The van der Waals surface area contributed by atoms with Crippen LogP contribution in [0.5, 0.6) is 17.4 Å². The maximum absolute atomic E-state index is 12.4. The number of fused-ring (bicyclic) bond motifs is 10. The molecule has 0 saturated carbocycles. The molecule has 6 heteroatoms. The van der Waals surface area contributed by atoms with Gasteiger partial charge < -0.3 is 28.8 Å². The van der Waals surface area contributed by atoms with Crippen molar-refractivity contribution in [2.45, 2.75) is 25.4 Å². The number of aromatic nitrogens is 2. The Morgan fingerprint density at radius 2 is 1.40 bits per heavy atom. The minimum atomic E-state index is -0.306. The van der Waals surface area contributed by atoms with Gasteiger partial charge in [0.1, 0.15) is 11.5 Å². The average Bonchev–Trinajstić information content (AvgIpc) is 3.74. The molecule has 2 aromatic heterocycles. The maximum Gasteiger partial charge on any atom is 0.200 e. The van der Waals surface area contributed by atoms with Crippen LogP contribution in [-0.4, -0.2) is 40.2 Å². The Morgan fingerprint density at radius 3 is 2.07 bits per heavy atom. The van der Waals surface area contributed by atoms with E-state index in [4.69, 9.17) is 9.47 Å². The van der Waals surface area contributed by atoms with Crippen molar-refractivity contribution in [2.75, 3.05) is 20.8 Å². The van der Waals surface area contributed by atoms with Crippen molar-refractivity contribution in [2.24, 2.45) is 0 Å². The molecular weight excluding hydrogens is 560 g/mol. The zero-order valence-corrected chi connectivity index (χ0v) is 25.3. The fraction of sp³-hybridized carbons (Fsp3) is 0.179. The summed E-state index contributed by atoms with van der Waals surface area (Å²) in [5.41, 5.74) is 9.12. The predicted molar refractivity (Wildman–Crippen MR) is 180 cm³/mol. The number of aliphatic hydroxyl groups excluding tert-OH is 1. The Balaban J connectivity index is 1.49. The molecule has 8 rings (SSSR count). The fourth-order valence-corrected chi connectivity index (χ4v) is 7.43. The van der Waals surface area contributed by atoms with E-state index in [9.17, 15) is 10.2 Å². The first-order valence-corrected chi connectivity index (χ1v) is 15.4. The lowest BCUT2D eigenvalue weighted by atomic mass is 9.96. The first kappa shape index (κ1) is 27.4. The van der Waals surface area contributed by atoms with Crippen LogP contribution in [0.15, 0.2) is 103 Å². The summed E-state index contributed by atoms with van der Waals surface area (Å²) in [4.78, 5) is 0. The summed E-state index contributed by atoms with van der Waals surface area (Å²) < 4.78 is 15.4. The normalized spacial score (nSPS) is 12.4. The van der Waals surface area contributed by atoms with Crippen LogP contribution in [0.3, 0.4) is 0 Å². The first-order valence-electron chi connectivity index (χ1n) is 15.4. The molecule has 0 bridgehead atoms. The number of aromatic hydroxyl groups is 1. The Bertz CT molecular complexity index is 2160. The van der Waals surface area contributed by atoms with Crippen LogP contribution in [0.2, 0.25) is 0 Å². The van der Waals surface area contributed by atoms with Crippen LogP contribution >= 0.6 is 0 Å². The van der Waals surface area contributed by atoms with Crippen molar-refractivity contribution in [3.8, 4) is 28.5 Å². The van der Waals surface area contributed by atoms with Crippen LogP contribution in [0, 0.1) is 0 Å². The summed E-state index contributed by atoms with van der Waals surface area (Å²) in [7, 11) is 3.34. The van der Waals surface area contributed by atoms with Gasteiger partial charge >= 0.3 is 0 Å². The third-order valence-electron chi connectivity index (χ3n) is 9.42. The number of rotatable bonds is 8. The first-order chi connectivity index (χ1) is 22.1. The smallest absolute Gasteiger partial charge is 0.200 e. The number of hydrogen-bond donors (Lipinski definition) is 2. The van der Waals surface area contributed by atoms with E-state index in [2.05, 4.69) is 83.6 Å². The molecule has 0 radical (unpaired) electrons. The summed E-state index contributed by atoms with van der Waals surface area (Å²) in [5.74, 6) is 1.80. The van der Waals surface area contributed by atoms with Crippen LogP contribution in [0.4, 0.5) is 0 Å². The lowest BCUT2D eigenvalue weighted by Gasteiger charge is -2.22. The van der Waals surface area contributed by atoms with Crippen molar-refractivity contribution in [3.63, 3.8) is 0 Å². The van der Waals surface area contributed by atoms with Crippen LogP contribution in [0.25, 0.3) is 43.7 Å². The van der Waals surface area contributed by atoms with E-state index in [1.807, 2.05) is 28.8 Å². The number of benzene rings is 5. The highest BCUT2D eigenvalue weighted by Crippen LogP contribution is 2.52. The van der Waals surface area contributed by atoms with Crippen LogP contribution in [0.1, 0.15) is 34.7 Å². The molecule has 6 nitrogen and oxygen atoms in total. The molecule has 5 aromatic carbocycles. The lowest BCUT2D eigenvalue weighted by molar-refractivity contribution is 0.281. The summed E-state index contributed by atoms with van der Waals surface area (Å²) in [6.45, 7) is 0.836. The molecule has 7 aromatic rings. The van der Waals surface area contributed by atoms with Gasteiger partial charge in [-0.05, 0) is 64.6 Å². The largest absolute Gasteiger partial charge is 0.497 e. The van der Waals surface area contributed by atoms with Crippen molar-refractivity contribution >= 4 is 32.6 Å². The third kappa shape index (κ3) is 4.13. The minimum Gasteiger partial charge on any atom is -0.497 e. The third-order valence-corrected chi connectivity index (χ3v) is 9.42. The van der Waals surface area contributed by atoms with E-state index < -0.39 is 0 Å². The second-order valence-corrected chi connectivity index (χ2v) is 11.8. The zero-order valence-electron chi connectivity index (χ0n) is 25.3. The molecule has 45 heavy (non-hydrogen) atoms. The number of methoxy groups -OCH3 is 2. The molecule has 0 fully saturated rings. The highest BCUT2D eigenvalue weighted by atomic mass is 16.5.